The lowest BCUT2D eigenvalue weighted by atomic mass is 10.3. The van der Waals surface area contributed by atoms with Crippen LogP contribution in [0.5, 0.6) is 0 Å². The average molecular weight is 277 g/mol. The maximum absolute atomic E-state index is 5.96. The number of thiophene rings is 1. The minimum absolute atomic E-state index is 0.267. The van der Waals surface area contributed by atoms with Gasteiger partial charge in [-0.3, -0.25) is 0 Å². The molecule has 6 heteroatoms. The lowest BCUT2D eigenvalue weighted by molar-refractivity contribution is 0.817. The highest BCUT2D eigenvalue weighted by molar-refractivity contribution is 7.16. The quantitative estimate of drug-likeness (QED) is 0.674. The van der Waals surface area contributed by atoms with Gasteiger partial charge in [-0.1, -0.05) is 0 Å². The van der Waals surface area contributed by atoms with Crippen molar-refractivity contribution in [3.8, 4) is 5.82 Å². The molecule has 3 heterocycles. The van der Waals surface area contributed by atoms with Crippen LogP contribution in [0.2, 0.25) is 5.28 Å². The zero-order chi connectivity index (χ0) is 12.1. The molecule has 4 rings (SSSR count). The molecule has 1 aliphatic rings. The summed E-state index contributed by atoms with van der Waals surface area (Å²) in [5, 5.41) is 7.84. The molecule has 0 aromatic carbocycles. The summed E-state index contributed by atoms with van der Waals surface area (Å²) in [6.07, 6.45) is 4.44. The van der Waals surface area contributed by atoms with Crippen molar-refractivity contribution in [2.24, 2.45) is 0 Å². The Morgan fingerprint density at radius 3 is 3.00 bits per heavy atom. The van der Waals surface area contributed by atoms with Gasteiger partial charge in [0, 0.05) is 12.1 Å². The highest BCUT2D eigenvalue weighted by Gasteiger charge is 2.26. The second-order valence-corrected chi connectivity index (χ2v) is 5.65. The second kappa shape index (κ2) is 3.76. The molecular formula is C12H9ClN4S. The van der Waals surface area contributed by atoms with Crippen LogP contribution in [0.4, 0.5) is 0 Å². The van der Waals surface area contributed by atoms with E-state index in [-0.39, 0.29) is 5.28 Å². The van der Waals surface area contributed by atoms with E-state index in [1.807, 2.05) is 17.6 Å². The maximum Gasteiger partial charge on any atom is 0.225 e. The van der Waals surface area contributed by atoms with Gasteiger partial charge in [-0.15, -0.1) is 11.3 Å². The van der Waals surface area contributed by atoms with E-state index in [1.54, 1.807) is 16.0 Å². The van der Waals surface area contributed by atoms with E-state index in [9.17, 15) is 0 Å². The van der Waals surface area contributed by atoms with Gasteiger partial charge in [0.15, 0.2) is 5.82 Å². The smallest absolute Gasteiger partial charge is 0.222 e. The summed E-state index contributed by atoms with van der Waals surface area (Å²) in [7, 11) is 0. The van der Waals surface area contributed by atoms with E-state index in [0.29, 0.717) is 5.92 Å². The molecule has 4 nitrogen and oxygen atoms in total. The first kappa shape index (κ1) is 10.5. The summed E-state index contributed by atoms with van der Waals surface area (Å²) in [6, 6.07) is 4.07. The van der Waals surface area contributed by atoms with Crippen molar-refractivity contribution in [2.45, 2.75) is 18.8 Å². The maximum atomic E-state index is 5.96. The Balaban J connectivity index is 1.91. The number of nitrogens with zero attached hydrogens (tertiary/aromatic N) is 4. The fraction of sp³-hybridized carbons (Fsp3) is 0.250. The lowest BCUT2D eigenvalue weighted by Gasteiger charge is -2.02. The Morgan fingerprint density at radius 1 is 1.28 bits per heavy atom. The summed E-state index contributed by atoms with van der Waals surface area (Å²) in [5.74, 6) is 1.40. The van der Waals surface area contributed by atoms with E-state index in [0.717, 1.165) is 21.7 Å². The molecule has 1 fully saturated rings. The SMILES string of the molecule is Clc1nc(-n2ccc(C3CC3)n2)c2ccsc2n1. The van der Waals surface area contributed by atoms with Crippen molar-refractivity contribution in [3.05, 3.63) is 34.7 Å². The van der Waals surface area contributed by atoms with Gasteiger partial charge in [0.05, 0.1) is 11.1 Å². The third-order valence-corrected chi connectivity index (χ3v) is 4.08. The van der Waals surface area contributed by atoms with Crippen LogP contribution >= 0.6 is 22.9 Å². The Morgan fingerprint density at radius 2 is 2.17 bits per heavy atom. The van der Waals surface area contributed by atoms with Crippen molar-refractivity contribution < 1.29 is 0 Å². The van der Waals surface area contributed by atoms with Gasteiger partial charge in [0.2, 0.25) is 5.28 Å². The van der Waals surface area contributed by atoms with Crippen LogP contribution in [-0.2, 0) is 0 Å². The van der Waals surface area contributed by atoms with Gasteiger partial charge >= 0.3 is 0 Å². The zero-order valence-electron chi connectivity index (χ0n) is 9.38. The number of halogens is 1. The van der Waals surface area contributed by atoms with Crippen LogP contribution < -0.4 is 0 Å². The number of aromatic nitrogens is 4. The van der Waals surface area contributed by atoms with Crippen molar-refractivity contribution >= 4 is 33.2 Å². The number of fused-ring (bicyclic) bond motifs is 1. The standard InChI is InChI=1S/C12H9ClN4S/c13-12-14-10(8-4-6-18-11(8)15-12)17-5-3-9(16-17)7-1-2-7/h3-7H,1-2H2. The van der Waals surface area contributed by atoms with Crippen LogP contribution in [0.3, 0.4) is 0 Å². The Hall–Kier alpha value is -1.46. The van der Waals surface area contributed by atoms with Crippen LogP contribution in [0.1, 0.15) is 24.5 Å². The summed E-state index contributed by atoms with van der Waals surface area (Å²) < 4.78 is 1.80. The number of hydrogen-bond acceptors (Lipinski definition) is 4. The second-order valence-electron chi connectivity index (χ2n) is 4.42. The number of rotatable bonds is 2. The van der Waals surface area contributed by atoms with Gasteiger partial charge in [-0.05, 0) is 42.0 Å². The summed E-state index contributed by atoms with van der Waals surface area (Å²) in [4.78, 5) is 9.40. The van der Waals surface area contributed by atoms with E-state index >= 15 is 0 Å². The van der Waals surface area contributed by atoms with E-state index < -0.39 is 0 Å². The predicted molar refractivity (Wildman–Crippen MR) is 71.5 cm³/mol. The molecular weight excluding hydrogens is 268 g/mol. The van der Waals surface area contributed by atoms with E-state index in [4.69, 9.17) is 11.6 Å². The molecule has 1 saturated carbocycles. The third kappa shape index (κ3) is 1.62. The van der Waals surface area contributed by atoms with Crippen molar-refractivity contribution in [3.63, 3.8) is 0 Å². The topological polar surface area (TPSA) is 43.6 Å². The molecule has 0 bridgehead atoms. The minimum Gasteiger partial charge on any atom is -0.222 e. The normalized spacial score (nSPS) is 15.4. The zero-order valence-corrected chi connectivity index (χ0v) is 10.9. The first-order chi connectivity index (χ1) is 8.81. The van der Waals surface area contributed by atoms with Gasteiger partial charge in [-0.2, -0.15) is 10.1 Å². The molecule has 0 amide bonds. The van der Waals surface area contributed by atoms with Crippen molar-refractivity contribution in [1.29, 1.82) is 0 Å². The van der Waals surface area contributed by atoms with E-state index in [1.165, 1.54) is 12.8 Å². The fourth-order valence-electron chi connectivity index (χ4n) is 2.04. The van der Waals surface area contributed by atoms with Crippen LogP contribution in [0.15, 0.2) is 23.7 Å². The molecule has 18 heavy (non-hydrogen) atoms. The molecule has 90 valence electrons. The molecule has 0 spiro atoms. The monoisotopic (exact) mass is 276 g/mol. The molecule has 0 unspecified atom stereocenters. The summed E-state index contributed by atoms with van der Waals surface area (Å²) >= 11 is 7.51. The Bertz CT molecular complexity index is 729. The van der Waals surface area contributed by atoms with Crippen molar-refractivity contribution in [2.75, 3.05) is 0 Å². The Labute approximate surface area is 112 Å². The fourth-order valence-corrected chi connectivity index (χ4v) is 3.02. The van der Waals surface area contributed by atoms with Crippen LogP contribution in [-0.4, -0.2) is 19.7 Å². The first-order valence-corrected chi connectivity index (χ1v) is 7.04. The van der Waals surface area contributed by atoms with Gasteiger partial charge in [0.1, 0.15) is 4.83 Å². The predicted octanol–water partition coefficient (Wildman–Crippen LogP) is 3.41. The third-order valence-electron chi connectivity index (χ3n) is 3.10. The highest BCUT2D eigenvalue weighted by atomic mass is 35.5. The van der Waals surface area contributed by atoms with Gasteiger partial charge in [-0.25, -0.2) is 9.67 Å². The largest absolute Gasteiger partial charge is 0.225 e. The minimum atomic E-state index is 0.267. The van der Waals surface area contributed by atoms with Crippen LogP contribution in [0, 0.1) is 0 Å². The summed E-state index contributed by atoms with van der Waals surface area (Å²) in [5.41, 5.74) is 1.15. The van der Waals surface area contributed by atoms with Gasteiger partial charge in [0.25, 0.3) is 0 Å². The molecule has 3 aromatic rings. The van der Waals surface area contributed by atoms with Crippen LogP contribution in [0.25, 0.3) is 16.0 Å². The van der Waals surface area contributed by atoms with Crippen molar-refractivity contribution in [1.82, 2.24) is 19.7 Å². The first-order valence-electron chi connectivity index (χ1n) is 5.78. The molecule has 1 aliphatic carbocycles. The molecule has 0 radical (unpaired) electrons. The lowest BCUT2D eigenvalue weighted by Crippen LogP contribution is -2.00. The molecule has 0 atom stereocenters. The Kier molecular flexibility index (Phi) is 2.19. The molecule has 0 saturated heterocycles. The highest BCUT2D eigenvalue weighted by Crippen LogP contribution is 2.39. The molecule has 3 aromatic heterocycles. The van der Waals surface area contributed by atoms with E-state index in [2.05, 4.69) is 21.1 Å². The molecule has 0 aliphatic heterocycles. The van der Waals surface area contributed by atoms with Gasteiger partial charge < -0.3 is 0 Å². The molecule has 0 N–H and O–H groups in total. The summed E-state index contributed by atoms with van der Waals surface area (Å²) in [6.45, 7) is 0. The average Bonchev–Trinajstić information content (AvgIpc) is 2.91. The number of hydrogen-bond donors (Lipinski definition) is 0.